The van der Waals surface area contributed by atoms with Gasteiger partial charge in [-0.25, -0.2) is 5.48 Å². The van der Waals surface area contributed by atoms with E-state index in [2.05, 4.69) is 101 Å². The van der Waals surface area contributed by atoms with Crippen molar-refractivity contribution < 1.29 is 4.84 Å². The van der Waals surface area contributed by atoms with Crippen LogP contribution in [0.5, 0.6) is 0 Å². The van der Waals surface area contributed by atoms with Gasteiger partial charge in [0.2, 0.25) is 0 Å². The highest BCUT2D eigenvalue weighted by Crippen LogP contribution is 2.32. The summed E-state index contributed by atoms with van der Waals surface area (Å²) in [6.45, 7) is 0. The van der Waals surface area contributed by atoms with Crippen LogP contribution in [-0.2, 0) is 4.84 Å². The van der Waals surface area contributed by atoms with Crippen LogP contribution in [0, 0.1) is 0 Å². The molecule has 0 aromatic heterocycles. The summed E-state index contributed by atoms with van der Waals surface area (Å²) in [6, 6.07) is 32.3. The van der Waals surface area contributed by atoms with Gasteiger partial charge in [-0.1, -0.05) is 91.0 Å². The van der Waals surface area contributed by atoms with Crippen molar-refractivity contribution >= 4 is 23.8 Å². The molecule has 0 saturated carbocycles. The normalized spacial score (nSPS) is 11.9. The van der Waals surface area contributed by atoms with E-state index in [1.54, 1.807) is 18.5 Å². The Morgan fingerprint density at radius 1 is 0.560 bits per heavy atom. The van der Waals surface area contributed by atoms with Gasteiger partial charge in [0.25, 0.3) is 0 Å². The number of hydrogen-bond acceptors (Lipinski definition) is 2. The Labute approximate surface area is 150 Å². The maximum Gasteiger partial charge on any atom is 0.119 e. The maximum absolute atomic E-state index is 4.55. The van der Waals surface area contributed by atoms with Gasteiger partial charge >= 0.3 is 0 Å². The molecule has 0 spiro atoms. The van der Waals surface area contributed by atoms with Gasteiger partial charge in [0, 0.05) is 6.20 Å². The highest BCUT2D eigenvalue weighted by Gasteiger charge is 2.14. The van der Waals surface area contributed by atoms with Crippen LogP contribution in [0.15, 0.2) is 116 Å². The van der Waals surface area contributed by atoms with Crippen molar-refractivity contribution in [3.05, 3.63) is 116 Å². The third-order valence-electron chi connectivity index (χ3n) is 3.53. The highest BCUT2D eigenvalue weighted by molar-refractivity contribution is 7.79. The summed E-state index contributed by atoms with van der Waals surface area (Å²) in [7, 11) is -0.446. The number of allylic oxidation sites excluding steroid dienone is 2. The summed E-state index contributed by atoms with van der Waals surface area (Å²) >= 11 is 0. The molecule has 0 amide bonds. The van der Waals surface area contributed by atoms with E-state index in [4.69, 9.17) is 0 Å². The van der Waals surface area contributed by atoms with Gasteiger partial charge in [0.05, 0.1) is 0 Å². The molecule has 1 heterocycles. The number of hydrogen-bond donors (Lipinski definition) is 1. The van der Waals surface area contributed by atoms with Crippen LogP contribution in [0.1, 0.15) is 0 Å². The number of nitrogens with one attached hydrogen (secondary N) is 1. The molecule has 25 heavy (non-hydrogen) atoms. The lowest BCUT2D eigenvalue weighted by molar-refractivity contribution is 0.172. The van der Waals surface area contributed by atoms with Crippen molar-refractivity contribution in [2.45, 2.75) is 0 Å². The zero-order chi connectivity index (χ0) is 17.2. The lowest BCUT2D eigenvalue weighted by atomic mass is 10.4. The summed E-state index contributed by atoms with van der Waals surface area (Å²) in [6.07, 6.45) is 6.93. The molecule has 3 heteroatoms. The van der Waals surface area contributed by atoms with Crippen LogP contribution in [0.2, 0.25) is 0 Å². The van der Waals surface area contributed by atoms with Crippen LogP contribution in [0.3, 0.4) is 0 Å². The van der Waals surface area contributed by atoms with Crippen molar-refractivity contribution in [3.8, 4) is 0 Å². The lowest BCUT2D eigenvalue weighted by Crippen LogP contribution is -2.20. The lowest BCUT2D eigenvalue weighted by Gasteiger charge is -2.18. The predicted octanol–water partition coefficient (Wildman–Crippen LogP) is 3.99. The van der Waals surface area contributed by atoms with E-state index in [0.29, 0.717) is 0 Å². The molecule has 0 atom stereocenters. The van der Waals surface area contributed by atoms with E-state index in [1.807, 2.05) is 6.08 Å². The summed E-state index contributed by atoms with van der Waals surface area (Å²) in [5.41, 5.74) is 2.52. The summed E-state index contributed by atoms with van der Waals surface area (Å²) in [5, 5.41) is 4.19. The molecular weight excluding hydrogens is 325 g/mol. The molecule has 1 aliphatic rings. The molecule has 0 aliphatic carbocycles. The van der Waals surface area contributed by atoms with Crippen molar-refractivity contribution in [1.82, 2.24) is 5.48 Å². The fraction of sp³-hybridized carbons (Fsp3) is 0. The minimum atomic E-state index is -0.446. The third-order valence-corrected chi connectivity index (χ3v) is 5.98. The topological polar surface area (TPSA) is 21.3 Å². The zero-order valence-electron chi connectivity index (χ0n) is 13.8. The van der Waals surface area contributed by atoms with E-state index in [9.17, 15) is 0 Å². The number of rotatable bonds is 3. The van der Waals surface area contributed by atoms with Crippen molar-refractivity contribution in [2.24, 2.45) is 0 Å². The molecule has 1 N–H and O–H groups in total. The first-order chi connectivity index (χ1) is 12.4. The molecule has 2 nitrogen and oxygen atoms in total. The number of hydroxylamine groups is 1. The summed E-state index contributed by atoms with van der Waals surface area (Å²) in [4.78, 5) is 4.55. The molecule has 0 saturated heterocycles. The van der Waals surface area contributed by atoms with Gasteiger partial charge in [-0.3, -0.25) is 0 Å². The van der Waals surface area contributed by atoms with Crippen LogP contribution in [0.25, 0.3) is 0 Å². The Morgan fingerprint density at radius 3 is 1.24 bits per heavy atom. The van der Waals surface area contributed by atoms with E-state index in [0.717, 1.165) is 0 Å². The third kappa shape index (κ3) is 5.07. The van der Waals surface area contributed by atoms with E-state index in [-0.39, 0.29) is 0 Å². The van der Waals surface area contributed by atoms with Crippen molar-refractivity contribution in [1.29, 1.82) is 0 Å². The van der Waals surface area contributed by atoms with Gasteiger partial charge in [0.1, 0.15) is 6.26 Å². The Bertz CT molecular complexity index is 695. The minimum absolute atomic E-state index is 0.446. The molecule has 124 valence electrons. The SMILES string of the molecule is C1=CNOC=C1.c1ccc(P(c2ccccc2)c2ccccc2)cc1. The van der Waals surface area contributed by atoms with Crippen LogP contribution in [-0.4, -0.2) is 0 Å². The second kappa shape index (κ2) is 9.46. The molecule has 1 aliphatic heterocycles. The van der Waals surface area contributed by atoms with E-state index >= 15 is 0 Å². The van der Waals surface area contributed by atoms with Crippen molar-refractivity contribution in [2.75, 3.05) is 0 Å². The Morgan fingerprint density at radius 2 is 1.00 bits per heavy atom. The Balaban J connectivity index is 0.000000258. The summed E-state index contributed by atoms with van der Waals surface area (Å²) in [5.74, 6) is 0. The fourth-order valence-corrected chi connectivity index (χ4v) is 4.74. The first-order valence-electron chi connectivity index (χ1n) is 8.13. The van der Waals surface area contributed by atoms with Gasteiger partial charge in [-0.05, 0) is 36.0 Å². The van der Waals surface area contributed by atoms with E-state index in [1.165, 1.54) is 15.9 Å². The second-order valence-electron chi connectivity index (χ2n) is 5.27. The average molecular weight is 345 g/mol. The molecular formula is C22H20NOP. The monoisotopic (exact) mass is 345 g/mol. The second-order valence-corrected chi connectivity index (χ2v) is 7.49. The Kier molecular flexibility index (Phi) is 6.44. The first-order valence-corrected chi connectivity index (χ1v) is 9.47. The fourth-order valence-electron chi connectivity index (χ4n) is 2.44. The van der Waals surface area contributed by atoms with Gasteiger partial charge in [-0.15, -0.1) is 0 Å². The first kappa shape index (κ1) is 17.0. The molecule has 3 aromatic carbocycles. The van der Waals surface area contributed by atoms with Gasteiger partial charge < -0.3 is 4.84 Å². The van der Waals surface area contributed by atoms with Crippen LogP contribution < -0.4 is 21.4 Å². The molecule has 3 aromatic rings. The zero-order valence-corrected chi connectivity index (χ0v) is 14.7. The molecule has 0 unspecified atom stereocenters. The minimum Gasteiger partial charge on any atom is -0.391 e. The van der Waals surface area contributed by atoms with E-state index < -0.39 is 7.92 Å². The van der Waals surface area contributed by atoms with Gasteiger partial charge in [-0.2, -0.15) is 0 Å². The van der Waals surface area contributed by atoms with Crippen LogP contribution in [0.4, 0.5) is 0 Å². The highest BCUT2D eigenvalue weighted by atomic mass is 31.1. The average Bonchev–Trinajstić information content (AvgIpc) is 2.72. The number of benzene rings is 3. The summed E-state index contributed by atoms with van der Waals surface area (Å²) < 4.78 is 0. The smallest absolute Gasteiger partial charge is 0.119 e. The standard InChI is InChI=1S/C18H15P.C4H5NO/c1-4-10-16(11-5-1)19(17-12-6-2-7-13-17)18-14-8-3-9-15-18;1-2-4-6-5-3-1/h1-15H;1-5H. The molecule has 0 bridgehead atoms. The molecule has 0 radical (unpaired) electrons. The maximum atomic E-state index is 4.55. The Hall–Kier alpha value is -2.83. The van der Waals surface area contributed by atoms with Crippen LogP contribution >= 0.6 is 7.92 Å². The molecule has 4 rings (SSSR count). The van der Waals surface area contributed by atoms with Gasteiger partial charge in [0.15, 0.2) is 0 Å². The predicted molar refractivity (Wildman–Crippen MR) is 108 cm³/mol. The van der Waals surface area contributed by atoms with Crippen molar-refractivity contribution in [3.63, 3.8) is 0 Å². The largest absolute Gasteiger partial charge is 0.391 e. The quantitative estimate of drug-likeness (QED) is 0.725. The molecule has 0 fully saturated rings.